The van der Waals surface area contributed by atoms with E-state index >= 15 is 0 Å². The molecule has 2 fully saturated rings. The molecule has 1 saturated heterocycles. The third-order valence-electron chi connectivity index (χ3n) is 4.72. The third kappa shape index (κ3) is 3.09. The first-order valence-corrected chi connectivity index (χ1v) is 10.0. The SMILES string of the molecule is c1csc(-c2nnc(CSC3CCCC4CCCNC43)o2)c1. The van der Waals surface area contributed by atoms with Gasteiger partial charge in [0, 0.05) is 11.3 Å². The molecule has 1 aliphatic carbocycles. The number of thioether (sulfide) groups is 1. The first-order chi connectivity index (χ1) is 10.9. The van der Waals surface area contributed by atoms with Crippen molar-refractivity contribution in [1.29, 1.82) is 0 Å². The van der Waals surface area contributed by atoms with Crippen LogP contribution in [0.15, 0.2) is 21.9 Å². The summed E-state index contributed by atoms with van der Waals surface area (Å²) in [6, 6.07) is 4.72. The molecule has 4 rings (SSSR count). The number of hydrogen-bond acceptors (Lipinski definition) is 6. The molecule has 1 N–H and O–H groups in total. The summed E-state index contributed by atoms with van der Waals surface area (Å²) < 4.78 is 5.80. The lowest BCUT2D eigenvalue weighted by molar-refractivity contribution is 0.218. The Balaban J connectivity index is 1.38. The monoisotopic (exact) mass is 335 g/mol. The molecule has 3 unspecified atom stereocenters. The number of thiophene rings is 1. The van der Waals surface area contributed by atoms with Crippen LogP contribution < -0.4 is 5.32 Å². The first-order valence-electron chi connectivity index (χ1n) is 8.11. The van der Waals surface area contributed by atoms with Crippen molar-refractivity contribution in [3.8, 4) is 10.8 Å². The molecule has 6 heteroatoms. The Morgan fingerprint density at radius 2 is 2.23 bits per heavy atom. The molecule has 1 saturated carbocycles. The second-order valence-electron chi connectivity index (χ2n) is 6.14. The number of fused-ring (bicyclic) bond motifs is 1. The minimum atomic E-state index is 0.655. The van der Waals surface area contributed by atoms with Gasteiger partial charge in [0.2, 0.25) is 5.89 Å². The van der Waals surface area contributed by atoms with Crippen LogP contribution in [0.25, 0.3) is 10.8 Å². The standard InChI is InChI=1S/C16H21N3OS2/c1-4-11-5-2-8-17-15(11)12(6-1)22-10-14-18-19-16(20-14)13-7-3-9-21-13/h3,7,9,11-12,15,17H,1-2,4-6,8,10H2. The summed E-state index contributed by atoms with van der Waals surface area (Å²) in [4.78, 5) is 1.05. The van der Waals surface area contributed by atoms with E-state index in [-0.39, 0.29) is 0 Å². The van der Waals surface area contributed by atoms with Crippen LogP contribution in [0.4, 0.5) is 0 Å². The summed E-state index contributed by atoms with van der Waals surface area (Å²) in [5.74, 6) is 3.12. The van der Waals surface area contributed by atoms with Crippen molar-refractivity contribution in [3.63, 3.8) is 0 Å². The Kier molecular flexibility index (Phi) is 4.50. The molecule has 2 aromatic rings. The minimum Gasteiger partial charge on any atom is -0.419 e. The molecule has 4 nitrogen and oxygen atoms in total. The van der Waals surface area contributed by atoms with E-state index in [1.807, 2.05) is 29.3 Å². The molecular weight excluding hydrogens is 314 g/mol. The molecule has 22 heavy (non-hydrogen) atoms. The average Bonchev–Trinajstić information content (AvgIpc) is 3.24. The predicted octanol–water partition coefficient (Wildman–Crippen LogP) is 3.95. The van der Waals surface area contributed by atoms with Crippen LogP contribution in [0.2, 0.25) is 0 Å². The fourth-order valence-corrected chi connectivity index (χ4v) is 5.65. The van der Waals surface area contributed by atoms with Gasteiger partial charge in [0.25, 0.3) is 5.89 Å². The van der Waals surface area contributed by atoms with Crippen molar-refractivity contribution in [2.75, 3.05) is 6.54 Å². The molecule has 3 heterocycles. The second kappa shape index (κ2) is 6.72. The van der Waals surface area contributed by atoms with Crippen molar-refractivity contribution in [3.05, 3.63) is 23.4 Å². The van der Waals surface area contributed by atoms with Gasteiger partial charge in [0.05, 0.1) is 10.6 Å². The molecule has 118 valence electrons. The first kappa shape index (κ1) is 14.7. The summed E-state index contributed by atoms with van der Waals surface area (Å²) >= 11 is 3.63. The highest BCUT2D eigenvalue weighted by atomic mass is 32.2. The van der Waals surface area contributed by atoms with E-state index < -0.39 is 0 Å². The van der Waals surface area contributed by atoms with E-state index in [1.165, 1.54) is 38.6 Å². The summed E-state index contributed by atoms with van der Waals surface area (Å²) in [7, 11) is 0. The van der Waals surface area contributed by atoms with Gasteiger partial charge in [-0.25, -0.2) is 0 Å². The number of aromatic nitrogens is 2. The van der Waals surface area contributed by atoms with Gasteiger partial charge in [0.1, 0.15) is 0 Å². The smallest absolute Gasteiger partial charge is 0.257 e. The van der Waals surface area contributed by atoms with Crippen molar-refractivity contribution < 1.29 is 4.42 Å². The number of rotatable bonds is 4. The number of piperidine rings is 1. The maximum atomic E-state index is 5.80. The molecule has 0 amide bonds. The molecule has 1 aliphatic heterocycles. The van der Waals surface area contributed by atoms with Crippen LogP contribution in [0, 0.1) is 5.92 Å². The molecule has 3 atom stereocenters. The lowest BCUT2D eigenvalue weighted by Crippen LogP contribution is -2.50. The zero-order chi connectivity index (χ0) is 14.8. The maximum Gasteiger partial charge on any atom is 0.257 e. The Labute approximate surface area is 139 Å². The highest BCUT2D eigenvalue weighted by Crippen LogP contribution is 2.38. The van der Waals surface area contributed by atoms with E-state index in [9.17, 15) is 0 Å². The van der Waals surface area contributed by atoms with Gasteiger partial charge in [-0.3, -0.25) is 0 Å². The normalized spacial score (nSPS) is 28.5. The van der Waals surface area contributed by atoms with Crippen molar-refractivity contribution in [2.45, 2.75) is 49.1 Å². The maximum absolute atomic E-state index is 5.80. The molecule has 0 bridgehead atoms. The molecule has 0 aromatic carbocycles. The van der Waals surface area contributed by atoms with Gasteiger partial charge in [-0.05, 0) is 49.6 Å². The van der Waals surface area contributed by atoms with Gasteiger partial charge >= 0.3 is 0 Å². The highest BCUT2D eigenvalue weighted by molar-refractivity contribution is 7.99. The largest absolute Gasteiger partial charge is 0.419 e. The summed E-state index contributed by atoms with van der Waals surface area (Å²) in [5.41, 5.74) is 0. The average molecular weight is 335 g/mol. The van der Waals surface area contributed by atoms with Crippen LogP contribution in [-0.2, 0) is 5.75 Å². The van der Waals surface area contributed by atoms with E-state index in [4.69, 9.17) is 4.42 Å². The van der Waals surface area contributed by atoms with E-state index in [0.29, 0.717) is 17.2 Å². The fourth-order valence-electron chi connectivity index (χ4n) is 3.68. The van der Waals surface area contributed by atoms with Crippen LogP contribution >= 0.6 is 23.1 Å². The van der Waals surface area contributed by atoms with Gasteiger partial charge in [0.15, 0.2) is 0 Å². The third-order valence-corrected chi connectivity index (χ3v) is 6.95. The Hall–Kier alpha value is -0.850. The highest BCUT2D eigenvalue weighted by Gasteiger charge is 2.35. The number of nitrogens with zero attached hydrogens (tertiary/aromatic N) is 2. The minimum absolute atomic E-state index is 0.655. The topological polar surface area (TPSA) is 51.0 Å². The molecule has 2 aliphatic rings. The van der Waals surface area contributed by atoms with Crippen LogP contribution in [0.1, 0.15) is 38.0 Å². The van der Waals surface area contributed by atoms with E-state index in [0.717, 1.165) is 22.4 Å². The van der Waals surface area contributed by atoms with E-state index in [2.05, 4.69) is 15.5 Å². The predicted molar refractivity (Wildman–Crippen MR) is 91.1 cm³/mol. The quantitative estimate of drug-likeness (QED) is 0.917. The van der Waals surface area contributed by atoms with Gasteiger partial charge < -0.3 is 9.73 Å². The van der Waals surface area contributed by atoms with Crippen LogP contribution in [0.3, 0.4) is 0 Å². The zero-order valence-corrected chi connectivity index (χ0v) is 14.2. The van der Waals surface area contributed by atoms with Crippen LogP contribution in [0.5, 0.6) is 0 Å². The van der Waals surface area contributed by atoms with Gasteiger partial charge in [-0.2, -0.15) is 0 Å². The molecule has 0 radical (unpaired) electrons. The van der Waals surface area contributed by atoms with E-state index in [1.54, 1.807) is 11.3 Å². The Morgan fingerprint density at radius 1 is 1.27 bits per heavy atom. The lowest BCUT2D eigenvalue weighted by atomic mass is 9.79. The fraction of sp³-hybridized carbons (Fsp3) is 0.625. The lowest BCUT2D eigenvalue weighted by Gasteiger charge is -2.41. The molecular formula is C16H21N3OS2. The molecule has 0 spiro atoms. The zero-order valence-electron chi connectivity index (χ0n) is 12.5. The number of hydrogen-bond donors (Lipinski definition) is 1. The van der Waals surface area contributed by atoms with Gasteiger partial charge in [-0.15, -0.1) is 33.3 Å². The van der Waals surface area contributed by atoms with Crippen molar-refractivity contribution in [1.82, 2.24) is 15.5 Å². The molecule has 2 aromatic heterocycles. The van der Waals surface area contributed by atoms with Crippen LogP contribution in [-0.4, -0.2) is 28.0 Å². The number of nitrogens with one attached hydrogen (secondary N) is 1. The summed E-state index contributed by atoms with van der Waals surface area (Å²) in [6.45, 7) is 1.18. The van der Waals surface area contributed by atoms with Gasteiger partial charge in [-0.1, -0.05) is 12.5 Å². The Bertz CT molecular complexity index is 596. The van der Waals surface area contributed by atoms with Crippen molar-refractivity contribution in [2.24, 2.45) is 5.92 Å². The van der Waals surface area contributed by atoms with Crippen molar-refractivity contribution >= 4 is 23.1 Å². The second-order valence-corrected chi connectivity index (χ2v) is 8.32. The summed E-state index contributed by atoms with van der Waals surface area (Å²) in [6.07, 6.45) is 6.82. The Morgan fingerprint density at radius 3 is 3.14 bits per heavy atom. The summed E-state index contributed by atoms with van der Waals surface area (Å²) in [5, 5.41) is 14.9.